The van der Waals surface area contributed by atoms with Gasteiger partial charge in [-0.1, -0.05) is 28.1 Å². The van der Waals surface area contributed by atoms with E-state index in [-0.39, 0.29) is 23.0 Å². The summed E-state index contributed by atoms with van der Waals surface area (Å²) in [5.41, 5.74) is 4.68. The number of hydrogen-bond acceptors (Lipinski definition) is 4. The molecule has 2 aromatic rings. The van der Waals surface area contributed by atoms with E-state index in [9.17, 15) is 14.7 Å². The molecule has 2 aromatic carbocycles. The molecule has 114 valence electrons. The molecule has 0 radical (unpaired) electrons. The molecule has 2 rings (SSSR count). The third-order valence-corrected chi connectivity index (χ3v) is 4.19. The molecule has 0 saturated heterocycles. The summed E-state index contributed by atoms with van der Waals surface area (Å²) in [6.07, 6.45) is 0. The van der Waals surface area contributed by atoms with Crippen molar-refractivity contribution >= 4 is 39.5 Å². The minimum absolute atomic E-state index is 0.100. The standard InChI is InChI=1S/C15H13BrN2O3S/c16-10-5-7-11(8-6-10)22-9-14(20)17-18-15(21)12-3-1-2-4-13(12)19/h1-8,19H,9H2,(H,17,20)(H,18,21). The molecule has 2 amide bonds. The predicted molar refractivity (Wildman–Crippen MR) is 88.6 cm³/mol. The molecule has 0 aromatic heterocycles. The van der Waals surface area contributed by atoms with Crippen molar-refractivity contribution in [3.05, 3.63) is 58.6 Å². The van der Waals surface area contributed by atoms with Crippen LogP contribution in [0.5, 0.6) is 5.75 Å². The van der Waals surface area contributed by atoms with E-state index >= 15 is 0 Å². The second-order valence-electron chi connectivity index (χ2n) is 4.26. The molecule has 3 N–H and O–H groups in total. The fraction of sp³-hybridized carbons (Fsp3) is 0.0667. The summed E-state index contributed by atoms with van der Waals surface area (Å²) in [5, 5.41) is 9.54. The van der Waals surface area contributed by atoms with E-state index in [0.717, 1.165) is 9.37 Å². The number of carbonyl (C=O) groups excluding carboxylic acids is 2. The first kappa shape index (κ1) is 16.4. The van der Waals surface area contributed by atoms with Gasteiger partial charge < -0.3 is 5.11 Å². The number of nitrogens with one attached hydrogen (secondary N) is 2. The third kappa shape index (κ3) is 4.78. The number of hydrazine groups is 1. The quantitative estimate of drug-likeness (QED) is 0.562. The molecule has 22 heavy (non-hydrogen) atoms. The second kappa shape index (κ2) is 7.86. The lowest BCUT2D eigenvalue weighted by atomic mass is 10.2. The lowest BCUT2D eigenvalue weighted by Gasteiger charge is -2.08. The monoisotopic (exact) mass is 380 g/mol. The molecule has 0 aliphatic rings. The first-order chi connectivity index (χ1) is 10.6. The lowest BCUT2D eigenvalue weighted by molar-refractivity contribution is -0.119. The number of rotatable bonds is 4. The number of carbonyl (C=O) groups is 2. The van der Waals surface area contributed by atoms with Gasteiger partial charge in [0.15, 0.2) is 0 Å². The molecule has 5 nitrogen and oxygen atoms in total. The number of amides is 2. The first-order valence-corrected chi connectivity index (χ1v) is 8.09. The Morgan fingerprint density at radius 2 is 1.73 bits per heavy atom. The van der Waals surface area contributed by atoms with Crippen molar-refractivity contribution in [3.63, 3.8) is 0 Å². The predicted octanol–water partition coefficient (Wildman–Crippen LogP) is 2.71. The Hall–Kier alpha value is -1.99. The van der Waals surface area contributed by atoms with E-state index in [0.29, 0.717) is 0 Å². The molecule has 0 saturated carbocycles. The fourth-order valence-electron chi connectivity index (χ4n) is 1.58. The Morgan fingerprint density at radius 1 is 1.05 bits per heavy atom. The summed E-state index contributed by atoms with van der Waals surface area (Å²) in [6, 6.07) is 13.7. The van der Waals surface area contributed by atoms with Crippen LogP contribution in [0.1, 0.15) is 10.4 Å². The van der Waals surface area contributed by atoms with Crippen molar-refractivity contribution in [2.75, 3.05) is 5.75 Å². The molecular weight excluding hydrogens is 368 g/mol. The van der Waals surface area contributed by atoms with Crippen LogP contribution in [0.3, 0.4) is 0 Å². The van der Waals surface area contributed by atoms with E-state index < -0.39 is 5.91 Å². The molecule has 0 heterocycles. The van der Waals surface area contributed by atoms with Crippen LogP contribution in [0, 0.1) is 0 Å². The van der Waals surface area contributed by atoms with E-state index in [4.69, 9.17) is 0 Å². The first-order valence-electron chi connectivity index (χ1n) is 6.32. The maximum Gasteiger partial charge on any atom is 0.273 e. The molecular formula is C15H13BrN2O3S. The number of halogens is 1. The molecule has 0 aliphatic heterocycles. The average molecular weight is 381 g/mol. The zero-order valence-corrected chi connectivity index (χ0v) is 13.8. The van der Waals surface area contributed by atoms with E-state index in [1.54, 1.807) is 12.1 Å². The summed E-state index contributed by atoms with van der Waals surface area (Å²) < 4.78 is 0.969. The SMILES string of the molecule is O=C(CSc1ccc(Br)cc1)NNC(=O)c1ccccc1O. The van der Waals surface area contributed by atoms with Crippen LogP contribution >= 0.6 is 27.7 Å². The molecule has 0 unspecified atom stereocenters. The van der Waals surface area contributed by atoms with Crippen LogP contribution in [0.2, 0.25) is 0 Å². The highest BCUT2D eigenvalue weighted by atomic mass is 79.9. The Morgan fingerprint density at radius 3 is 2.41 bits per heavy atom. The maximum absolute atomic E-state index is 11.8. The Kier molecular flexibility index (Phi) is 5.85. The van der Waals surface area contributed by atoms with Gasteiger partial charge in [-0.15, -0.1) is 11.8 Å². The van der Waals surface area contributed by atoms with E-state index in [1.807, 2.05) is 24.3 Å². The van der Waals surface area contributed by atoms with Gasteiger partial charge in [0.25, 0.3) is 5.91 Å². The summed E-state index contributed by atoms with van der Waals surface area (Å²) in [7, 11) is 0. The van der Waals surface area contributed by atoms with Crippen molar-refractivity contribution in [2.24, 2.45) is 0 Å². The average Bonchev–Trinajstić information content (AvgIpc) is 2.52. The Balaban J connectivity index is 1.79. The Labute approximate surface area is 140 Å². The van der Waals surface area contributed by atoms with Crippen LogP contribution in [-0.2, 0) is 4.79 Å². The van der Waals surface area contributed by atoms with Crippen molar-refractivity contribution in [2.45, 2.75) is 4.90 Å². The van der Waals surface area contributed by atoms with Crippen LogP contribution < -0.4 is 10.9 Å². The summed E-state index contributed by atoms with van der Waals surface area (Å²) in [4.78, 5) is 24.4. The highest BCUT2D eigenvalue weighted by molar-refractivity contribution is 9.10. The van der Waals surface area contributed by atoms with Gasteiger partial charge in [0.1, 0.15) is 5.75 Å². The molecule has 0 bridgehead atoms. The highest BCUT2D eigenvalue weighted by Gasteiger charge is 2.11. The zero-order valence-electron chi connectivity index (χ0n) is 11.4. The Bertz CT molecular complexity index is 677. The normalized spacial score (nSPS) is 10.0. The van der Waals surface area contributed by atoms with Crippen molar-refractivity contribution in [3.8, 4) is 5.75 Å². The number of aromatic hydroxyl groups is 1. The number of phenolic OH excluding ortho intramolecular Hbond substituents is 1. The van der Waals surface area contributed by atoms with Crippen LogP contribution in [0.25, 0.3) is 0 Å². The number of benzene rings is 2. The van der Waals surface area contributed by atoms with Gasteiger partial charge in [0.05, 0.1) is 11.3 Å². The molecule has 0 aliphatic carbocycles. The van der Waals surface area contributed by atoms with Crippen molar-refractivity contribution in [1.82, 2.24) is 10.9 Å². The second-order valence-corrected chi connectivity index (χ2v) is 6.23. The van der Waals surface area contributed by atoms with Crippen LogP contribution in [-0.4, -0.2) is 22.7 Å². The minimum atomic E-state index is -0.569. The largest absolute Gasteiger partial charge is 0.507 e. The number of phenols is 1. The fourth-order valence-corrected chi connectivity index (χ4v) is 2.54. The van der Waals surface area contributed by atoms with Gasteiger partial charge in [-0.3, -0.25) is 20.4 Å². The van der Waals surface area contributed by atoms with Gasteiger partial charge in [-0.25, -0.2) is 0 Å². The topological polar surface area (TPSA) is 78.4 Å². The van der Waals surface area contributed by atoms with Gasteiger partial charge in [0, 0.05) is 9.37 Å². The summed E-state index contributed by atoms with van der Waals surface area (Å²) >= 11 is 4.69. The maximum atomic E-state index is 11.8. The zero-order chi connectivity index (χ0) is 15.9. The van der Waals surface area contributed by atoms with Crippen LogP contribution in [0.15, 0.2) is 57.9 Å². The van der Waals surface area contributed by atoms with Gasteiger partial charge >= 0.3 is 0 Å². The highest BCUT2D eigenvalue weighted by Crippen LogP contribution is 2.20. The van der Waals surface area contributed by atoms with Gasteiger partial charge in [-0.2, -0.15) is 0 Å². The smallest absolute Gasteiger partial charge is 0.273 e. The van der Waals surface area contributed by atoms with E-state index in [2.05, 4.69) is 26.8 Å². The van der Waals surface area contributed by atoms with Crippen LogP contribution in [0.4, 0.5) is 0 Å². The van der Waals surface area contributed by atoms with Gasteiger partial charge in [-0.05, 0) is 36.4 Å². The molecule has 0 fully saturated rings. The molecule has 7 heteroatoms. The number of para-hydroxylation sites is 1. The number of thioether (sulfide) groups is 1. The lowest BCUT2D eigenvalue weighted by Crippen LogP contribution is -2.42. The minimum Gasteiger partial charge on any atom is -0.507 e. The number of hydrogen-bond donors (Lipinski definition) is 3. The van der Waals surface area contributed by atoms with E-state index in [1.165, 1.54) is 23.9 Å². The van der Waals surface area contributed by atoms with Crippen molar-refractivity contribution in [1.29, 1.82) is 0 Å². The van der Waals surface area contributed by atoms with Gasteiger partial charge in [0.2, 0.25) is 5.91 Å². The molecule has 0 spiro atoms. The third-order valence-electron chi connectivity index (χ3n) is 2.65. The van der Waals surface area contributed by atoms with Crippen molar-refractivity contribution < 1.29 is 14.7 Å². The molecule has 0 atom stereocenters. The summed E-state index contributed by atoms with van der Waals surface area (Å²) in [6.45, 7) is 0. The summed E-state index contributed by atoms with van der Waals surface area (Å²) in [5.74, 6) is -0.877.